The fraction of sp³-hybridized carbons (Fsp3) is 0.435. The average Bonchev–Trinajstić information content (AvgIpc) is 2.72. The summed E-state index contributed by atoms with van der Waals surface area (Å²) in [5, 5.41) is 1.18. The summed E-state index contributed by atoms with van der Waals surface area (Å²) in [6, 6.07) is 13.2. The minimum atomic E-state index is 0.122. The number of rotatable bonds is 9. The number of Topliss-reactive ketones (excluding diaryl/α,β-unsaturated/α-hetero) is 1. The van der Waals surface area contributed by atoms with E-state index in [0.29, 0.717) is 34.7 Å². The van der Waals surface area contributed by atoms with Crippen molar-refractivity contribution in [2.75, 3.05) is 26.3 Å². The van der Waals surface area contributed by atoms with Gasteiger partial charge in [0.25, 0.3) is 0 Å². The molecule has 1 aliphatic rings. The van der Waals surface area contributed by atoms with Gasteiger partial charge in [-0.3, -0.25) is 9.69 Å². The third-order valence-corrected chi connectivity index (χ3v) is 5.89. The number of ketones is 1. The number of likely N-dealkylation sites (tertiary alicyclic amines) is 1. The molecule has 0 unspecified atom stereocenters. The first-order chi connectivity index (χ1) is 14.0. The van der Waals surface area contributed by atoms with Gasteiger partial charge in [0.1, 0.15) is 18.1 Å². The molecule has 0 amide bonds. The largest absolute Gasteiger partial charge is 0.494 e. The molecule has 4 nitrogen and oxygen atoms in total. The highest BCUT2D eigenvalue weighted by molar-refractivity contribution is 6.42. The molecule has 6 heteroatoms. The number of carbonyl (C=O) groups is 1. The zero-order valence-corrected chi connectivity index (χ0v) is 18.2. The highest BCUT2D eigenvalue weighted by Crippen LogP contribution is 2.26. The fourth-order valence-electron chi connectivity index (χ4n) is 3.59. The third kappa shape index (κ3) is 6.91. The van der Waals surface area contributed by atoms with Gasteiger partial charge < -0.3 is 9.47 Å². The summed E-state index contributed by atoms with van der Waals surface area (Å²) in [7, 11) is 0. The molecule has 2 aromatic rings. The summed E-state index contributed by atoms with van der Waals surface area (Å²) >= 11 is 12.1. The molecule has 3 rings (SSSR count). The van der Waals surface area contributed by atoms with E-state index in [4.69, 9.17) is 32.7 Å². The van der Waals surface area contributed by atoms with Crippen LogP contribution in [0.15, 0.2) is 42.5 Å². The number of carbonyl (C=O) groups excluding carboxylic acids is 1. The van der Waals surface area contributed by atoms with E-state index < -0.39 is 0 Å². The van der Waals surface area contributed by atoms with Crippen molar-refractivity contribution in [2.45, 2.75) is 32.7 Å². The molecule has 1 fully saturated rings. The number of hydrogen-bond donors (Lipinski definition) is 0. The standard InChI is InChI=1S/C23H27Cl2NO3/c1-2-28-20-4-6-21(7-5-20)29-16-19(27)13-17-9-11-26(12-10-17)15-18-3-8-22(24)23(25)14-18/h3-8,14,17H,2,9-13,15-16H2,1H3. The molecule has 1 aliphatic heterocycles. The van der Waals surface area contributed by atoms with E-state index >= 15 is 0 Å². The lowest BCUT2D eigenvalue weighted by Crippen LogP contribution is -2.34. The normalized spacial score (nSPS) is 15.3. The summed E-state index contributed by atoms with van der Waals surface area (Å²) in [6.07, 6.45) is 2.63. The zero-order valence-electron chi connectivity index (χ0n) is 16.7. The maximum atomic E-state index is 12.3. The van der Waals surface area contributed by atoms with E-state index in [-0.39, 0.29) is 12.4 Å². The van der Waals surface area contributed by atoms with Gasteiger partial charge in [0.15, 0.2) is 5.78 Å². The highest BCUT2D eigenvalue weighted by atomic mass is 35.5. The van der Waals surface area contributed by atoms with Crippen LogP contribution in [0.2, 0.25) is 10.0 Å². The topological polar surface area (TPSA) is 38.8 Å². The third-order valence-electron chi connectivity index (χ3n) is 5.15. The van der Waals surface area contributed by atoms with Crippen LogP contribution in [0.3, 0.4) is 0 Å². The minimum Gasteiger partial charge on any atom is -0.494 e. The SMILES string of the molecule is CCOc1ccc(OCC(=O)CC2CCN(Cc3ccc(Cl)c(Cl)c3)CC2)cc1. The molecule has 0 radical (unpaired) electrons. The van der Waals surface area contributed by atoms with Crippen LogP contribution in [0.1, 0.15) is 31.7 Å². The second-order valence-corrected chi connectivity index (χ2v) is 8.22. The van der Waals surface area contributed by atoms with E-state index in [1.54, 1.807) is 0 Å². The van der Waals surface area contributed by atoms with Crippen LogP contribution in [0, 0.1) is 5.92 Å². The van der Waals surface area contributed by atoms with Gasteiger partial charge in [0.05, 0.1) is 16.7 Å². The van der Waals surface area contributed by atoms with Crippen molar-refractivity contribution in [2.24, 2.45) is 5.92 Å². The van der Waals surface area contributed by atoms with Gasteiger partial charge in [0.2, 0.25) is 0 Å². The second-order valence-electron chi connectivity index (χ2n) is 7.40. The number of benzene rings is 2. The Balaban J connectivity index is 1.37. The Hall–Kier alpha value is -1.75. The Labute approximate surface area is 182 Å². The van der Waals surface area contributed by atoms with Crippen molar-refractivity contribution < 1.29 is 14.3 Å². The number of ether oxygens (including phenoxy) is 2. The van der Waals surface area contributed by atoms with Crippen LogP contribution in [-0.4, -0.2) is 37.0 Å². The van der Waals surface area contributed by atoms with Gasteiger partial charge in [-0.15, -0.1) is 0 Å². The van der Waals surface area contributed by atoms with Crippen LogP contribution in [0.4, 0.5) is 0 Å². The molecule has 0 aromatic heterocycles. The summed E-state index contributed by atoms with van der Waals surface area (Å²) in [5.74, 6) is 2.08. The Morgan fingerprint density at radius 1 is 1.00 bits per heavy atom. The summed E-state index contributed by atoms with van der Waals surface area (Å²) < 4.78 is 11.0. The van der Waals surface area contributed by atoms with Crippen molar-refractivity contribution in [3.8, 4) is 11.5 Å². The van der Waals surface area contributed by atoms with E-state index in [1.165, 1.54) is 0 Å². The first-order valence-corrected chi connectivity index (χ1v) is 10.8. The molecule has 0 saturated carbocycles. The fourth-order valence-corrected chi connectivity index (χ4v) is 3.91. The highest BCUT2D eigenvalue weighted by Gasteiger charge is 2.22. The first kappa shape index (κ1) is 21.9. The maximum Gasteiger partial charge on any atom is 0.170 e. The smallest absolute Gasteiger partial charge is 0.170 e. The van der Waals surface area contributed by atoms with Crippen molar-refractivity contribution >= 4 is 29.0 Å². The molecule has 0 spiro atoms. The number of piperidine rings is 1. The van der Waals surface area contributed by atoms with Gasteiger partial charge in [-0.2, -0.15) is 0 Å². The molecule has 1 heterocycles. The second kappa shape index (κ2) is 10.9. The lowest BCUT2D eigenvalue weighted by molar-refractivity contribution is -0.122. The van der Waals surface area contributed by atoms with Gasteiger partial charge in [-0.1, -0.05) is 29.3 Å². The van der Waals surface area contributed by atoms with Crippen molar-refractivity contribution in [3.63, 3.8) is 0 Å². The first-order valence-electron chi connectivity index (χ1n) is 10.1. The van der Waals surface area contributed by atoms with Crippen LogP contribution < -0.4 is 9.47 Å². The average molecular weight is 436 g/mol. The van der Waals surface area contributed by atoms with Crippen molar-refractivity contribution in [1.82, 2.24) is 4.90 Å². The minimum absolute atomic E-state index is 0.122. The summed E-state index contributed by atoms with van der Waals surface area (Å²) in [5.41, 5.74) is 1.16. The Morgan fingerprint density at radius 3 is 2.28 bits per heavy atom. The number of hydrogen-bond acceptors (Lipinski definition) is 4. The van der Waals surface area contributed by atoms with Gasteiger partial charge in [0, 0.05) is 13.0 Å². The molecule has 0 N–H and O–H groups in total. The molecule has 0 aliphatic carbocycles. The predicted octanol–water partition coefficient (Wildman–Crippen LogP) is 5.64. The Morgan fingerprint density at radius 2 is 1.66 bits per heavy atom. The number of nitrogens with zero attached hydrogens (tertiary/aromatic N) is 1. The van der Waals surface area contributed by atoms with Crippen LogP contribution in [-0.2, 0) is 11.3 Å². The molecule has 29 heavy (non-hydrogen) atoms. The Bertz CT molecular complexity index is 802. The molecular formula is C23H27Cl2NO3. The summed E-state index contributed by atoms with van der Waals surface area (Å²) in [4.78, 5) is 14.7. The van der Waals surface area contributed by atoms with E-state index in [2.05, 4.69) is 4.90 Å². The van der Waals surface area contributed by atoms with E-state index in [9.17, 15) is 4.79 Å². The molecule has 156 valence electrons. The van der Waals surface area contributed by atoms with Gasteiger partial charge >= 0.3 is 0 Å². The van der Waals surface area contributed by atoms with Crippen LogP contribution in [0.25, 0.3) is 0 Å². The summed E-state index contributed by atoms with van der Waals surface area (Å²) in [6.45, 7) is 5.53. The van der Waals surface area contributed by atoms with E-state index in [1.807, 2.05) is 49.4 Å². The maximum absolute atomic E-state index is 12.3. The lowest BCUT2D eigenvalue weighted by Gasteiger charge is -2.31. The van der Waals surface area contributed by atoms with Crippen LogP contribution >= 0.6 is 23.2 Å². The Kier molecular flexibility index (Phi) is 8.22. The van der Waals surface area contributed by atoms with Gasteiger partial charge in [-0.05, 0) is 80.7 Å². The van der Waals surface area contributed by atoms with Crippen LogP contribution in [0.5, 0.6) is 11.5 Å². The zero-order chi connectivity index (χ0) is 20.6. The quantitative estimate of drug-likeness (QED) is 0.510. The van der Waals surface area contributed by atoms with Crippen molar-refractivity contribution in [1.29, 1.82) is 0 Å². The molecular weight excluding hydrogens is 409 g/mol. The predicted molar refractivity (Wildman–Crippen MR) is 117 cm³/mol. The van der Waals surface area contributed by atoms with E-state index in [0.717, 1.165) is 43.8 Å². The molecule has 0 atom stereocenters. The monoisotopic (exact) mass is 435 g/mol. The number of halogens is 2. The van der Waals surface area contributed by atoms with Crippen molar-refractivity contribution in [3.05, 3.63) is 58.1 Å². The van der Waals surface area contributed by atoms with Gasteiger partial charge in [-0.25, -0.2) is 0 Å². The molecule has 1 saturated heterocycles. The molecule has 2 aromatic carbocycles. The lowest BCUT2D eigenvalue weighted by atomic mass is 9.91. The molecule has 0 bridgehead atoms.